The van der Waals surface area contributed by atoms with Gasteiger partial charge in [0.15, 0.2) is 0 Å². The van der Waals surface area contributed by atoms with Crippen molar-refractivity contribution in [3.63, 3.8) is 0 Å². The fourth-order valence-electron chi connectivity index (χ4n) is 1.62. The number of nitrogens with zero attached hydrogens (tertiary/aromatic N) is 2. The molecule has 72 valence electrons. The molecule has 2 amide bonds. The molecule has 2 heterocycles. The van der Waals surface area contributed by atoms with Crippen LogP contribution in [-0.2, 0) is 11.2 Å². The number of aryl methyl sites for hydroxylation is 1. The lowest BCUT2D eigenvalue weighted by Crippen LogP contribution is -2.39. The smallest absolute Gasteiger partial charge is 0.262 e. The van der Waals surface area contributed by atoms with Gasteiger partial charge in [-0.05, 0) is 18.6 Å². The maximum atomic E-state index is 11.7. The zero-order valence-electron chi connectivity index (χ0n) is 8.07. The first-order valence-corrected chi connectivity index (χ1v) is 4.36. The molecule has 0 unspecified atom stereocenters. The van der Waals surface area contributed by atoms with Gasteiger partial charge >= 0.3 is 0 Å². The van der Waals surface area contributed by atoms with E-state index in [1.54, 1.807) is 19.2 Å². The summed E-state index contributed by atoms with van der Waals surface area (Å²) in [6, 6.07) is 1.73. The van der Waals surface area contributed by atoms with Gasteiger partial charge in [0.1, 0.15) is 0 Å². The number of fused-ring (bicyclic) bond motifs is 1. The second-order valence-corrected chi connectivity index (χ2v) is 3.37. The van der Waals surface area contributed by atoms with Crippen molar-refractivity contribution in [1.29, 1.82) is 0 Å². The Balaban J connectivity index is 2.62. The van der Waals surface area contributed by atoms with Crippen LogP contribution >= 0.6 is 0 Å². The molecule has 1 aromatic heterocycles. The molecule has 1 aromatic rings. The maximum absolute atomic E-state index is 11.7. The van der Waals surface area contributed by atoms with Gasteiger partial charge in [-0.3, -0.25) is 19.5 Å². The van der Waals surface area contributed by atoms with Gasteiger partial charge in [-0.25, -0.2) is 0 Å². The fraction of sp³-hybridized carbons (Fsp3) is 0.300. The third-order valence-electron chi connectivity index (χ3n) is 2.46. The number of imide groups is 1. The van der Waals surface area contributed by atoms with E-state index in [2.05, 4.69) is 4.98 Å². The van der Waals surface area contributed by atoms with Crippen molar-refractivity contribution in [2.75, 3.05) is 7.05 Å². The summed E-state index contributed by atoms with van der Waals surface area (Å²) in [6.45, 7) is 1.78. The minimum absolute atomic E-state index is 0.159. The summed E-state index contributed by atoms with van der Waals surface area (Å²) < 4.78 is 0. The summed E-state index contributed by atoms with van der Waals surface area (Å²) in [5.41, 5.74) is 2.05. The van der Waals surface area contributed by atoms with Gasteiger partial charge in [0.2, 0.25) is 5.91 Å². The molecule has 4 nitrogen and oxygen atoms in total. The molecule has 4 heteroatoms. The van der Waals surface area contributed by atoms with Crippen LogP contribution < -0.4 is 0 Å². The molecular weight excluding hydrogens is 180 g/mol. The summed E-state index contributed by atoms with van der Waals surface area (Å²) in [4.78, 5) is 28.3. The van der Waals surface area contributed by atoms with Gasteiger partial charge in [0, 0.05) is 13.2 Å². The molecule has 1 aliphatic heterocycles. The van der Waals surface area contributed by atoms with Gasteiger partial charge in [-0.2, -0.15) is 0 Å². The Morgan fingerprint density at radius 2 is 2.14 bits per heavy atom. The number of aromatic nitrogens is 1. The molecule has 0 aromatic carbocycles. The zero-order valence-corrected chi connectivity index (χ0v) is 8.07. The highest BCUT2D eigenvalue weighted by Crippen LogP contribution is 2.20. The molecule has 0 atom stereocenters. The zero-order chi connectivity index (χ0) is 10.3. The van der Waals surface area contributed by atoms with Crippen LogP contribution in [-0.4, -0.2) is 28.7 Å². The molecule has 14 heavy (non-hydrogen) atoms. The van der Waals surface area contributed by atoms with Crippen LogP contribution in [0.4, 0.5) is 0 Å². The number of carbonyl (C=O) groups is 2. The van der Waals surface area contributed by atoms with Crippen molar-refractivity contribution in [3.8, 4) is 0 Å². The monoisotopic (exact) mass is 190 g/mol. The Morgan fingerprint density at radius 3 is 2.86 bits per heavy atom. The maximum Gasteiger partial charge on any atom is 0.262 e. The summed E-state index contributed by atoms with van der Waals surface area (Å²) in [5, 5.41) is 0. The predicted molar refractivity (Wildman–Crippen MR) is 49.8 cm³/mol. The van der Waals surface area contributed by atoms with Crippen LogP contribution in [0.1, 0.15) is 21.6 Å². The quantitative estimate of drug-likeness (QED) is 0.561. The van der Waals surface area contributed by atoms with Crippen molar-refractivity contribution in [2.24, 2.45) is 0 Å². The third kappa shape index (κ3) is 1.11. The van der Waals surface area contributed by atoms with E-state index in [1.165, 1.54) is 7.05 Å². The highest BCUT2D eigenvalue weighted by Gasteiger charge is 2.29. The van der Waals surface area contributed by atoms with E-state index in [0.29, 0.717) is 17.7 Å². The average molecular weight is 190 g/mol. The van der Waals surface area contributed by atoms with E-state index < -0.39 is 0 Å². The first-order valence-electron chi connectivity index (χ1n) is 4.36. The van der Waals surface area contributed by atoms with Crippen LogP contribution in [0.2, 0.25) is 0 Å². The molecule has 0 aliphatic carbocycles. The molecule has 0 fully saturated rings. The number of hydrogen-bond donors (Lipinski definition) is 0. The molecule has 0 saturated carbocycles. The molecule has 0 bridgehead atoms. The molecule has 0 N–H and O–H groups in total. The highest BCUT2D eigenvalue weighted by molar-refractivity contribution is 6.09. The lowest BCUT2D eigenvalue weighted by atomic mass is 9.98. The number of rotatable bonds is 0. The lowest BCUT2D eigenvalue weighted by Gasteiger charge is -2.23. The van der Waals surface area contributed by atoms with Crippen molar-refractivity contribution in [2.45, 2.75) is 13.3 Å². The van der Waals surface area contributed by atoms with E-state index in [1.807, 2.05) is 0 Å². The van der Waals surface area contributed by atoms with Gasteiger partial charge < -0.3 is 0 Å². The average Bonchev–Trinajstić information content (AvgIpc) is 2.14. The number of likely N-dealkylation sites (N-methyl/N-ethyl adjacent to an activating group) is 1. The van der Waals surface area contributed by atoms with E-state index in [0.717, 1.165) is 10.5 Å². The van der Waals surface area contributed by atoms with Crippen LogP contribution in [0.3, 0.4) is 0 Å². The van der Waals surface area contributed by atoms with Crippen molar-refractivity contribution in [3.05, 3.63) is 29.1 Å². The lowest BCUT2D eigenvalue weighted by molar-refractivity contribution is -0.127. The molecular formula is C10H10N2O2. The van der Waals surface area contributed by atoms with Crippen LogP contribution in [0.25, 0.3) is 0 Å². The van der Waals surface area contributed by atoms with E-state index in [-0.39, 0.29) is 11.8 Å². The number of amides is 2. The highest BCUT2D eigenvalue weighted by atomic mass is 16.2. The SMILES string of the molecule is Cc1nccc2c1C(=O)N(C)C(=O)C2. The normalized spacial score (nSPS) is 15.7. The third-order valence-corrected chi connectivity index (χ3v) is 2.46. The summed E-state index contributed by atoms with van der Waals surface area (Å²) in [5.74, 6) is -0.407. The second-order valence-electron chi connectivity index (χ2n) is 3.37. The van der Waals surface area contributed by atoms with Crippen LogP contribution in [0, 0.1) is 6.92 Å². The second kappa shape index (κ2) is 2.90. The summed E-state index contributed by atoms with van der Waals surface area (Å²) in [7, 11) is 1.50. The molecule has 0 radical (unpaired) electrons. The van der Waals surface area contributed by atoms with Gasteiger partial charge in [0.05, 0.1) is 17.7 Å². The topological polar surface area (TPSA) is 50.3 Å². The predicted octanol–water partition coefficient (Wildman–Crippen LogP) is 0.545. The molecule has 1 aliphatic rings. The van der Waals surface area contributed by atoms with E-state index in [4.69, 9.17) is 0 Å². The summed E-state index contributed by atoms with van der Waals surface area (Å²) in [6.07, 6.45) is 1.92. The van der Waals surface area contributed by atoms with E-state index >= 15 is 0 Å². The Morgan fingerprint density at radius 1 is 1.43 bits per heavy atom. The largest absolute Gasteiger partial charge is 0.281 e. The number of carbonyl (C=O) groups excluding carboxylic acids is 2. The fourth-order valence-corrected chi connectivity index (χ4v) is 1.62. The Bertz CT molecular complexity index is 426. The molecule has 0 spiro atoms. The number of pyridine rings is 1. The molecule has 0 saturated heterocycles. The van der Waals surface area contributed by atoms with Gasteiger partial charge in [0.25, 0.3) is 5.91 Å². The Labute approximate surface area is 81.6 Å². The van der Waals surface area contributed by atoms with Crippen molar-refractivity contribution >= 4 is 11.8 Å². The van der Waals surface area contributed by atoms with E-state index in [9.17, 15) is 9.59 Å². The molecule has 2 rings (SSSR count). The standard InChI is InChI=1S/C10H10N2O2/c1-6-9-7(3-4-11-6)5-8(13)12(2)10(9)14/h3-4H,5H2,1-2H3. The Hall–Kier alpha value is -1.71. The summed E-state index contributed by atoms with van der Waals surface area (Å²) >= 11 is 0. The van der Waals surface area contributed by atoms with Crippen LogP contribution in [0.5, 0.6) is 0 Å². The number of hydrogen-bond acceptors (Lipinski definition) is 3. The minimum Gasteiger partial charge on any atom is -0.281 e. The van der Waals surface area contributed by atoms with Crippen molar-refractivity contribution in [1.82, 2.24) is 9.88 Å². The Kier molecular flexibility index (Phi) is 1.84. The van der Waals surface area contributed by atoms with Crippen molar-refractivity contribution < 1.29 is 9.59 Å². The van der Waals surface area contributed by atoms with Gasteiger partial charge in [-0.15, -0.1) is 0 Å². The first kappa shape index (κ1) is 8.87. The first-order chi connectivity index (χ1) is 6.61. The van der Waals surface area contributed by atoms with Gasteiger partial charge in [-0.1, -0.05) is 0 Å². The van der Waals surface area contributed by atoms with Crippen LogP contribution in [0.15, 0.2) is 12.3 Å². The minimum atomic E-state index is -0.248.